The van der Waals surface area contributed by atoms with Gasteiger partial charge in [0, 0.05) is 18.4 Å². The molecule has 0 saturated carbocycles. The largest absolute Gasteiger partial charge is 0.480 e. The van der Waals surface area contributed by atoms with E-state index in [1.165, 1.54) is 4.90 Å². The van der Waals surface area contributed by atoms with Crippen molar-refractivity contribution in [3.8, 4) is 11.1 Å². The van der Waals surface area contributed by atoms with Gasteiger partial charge in [0.15, 0.2) is 0 Å². The highest BCUT2D eigenvalue weighted by molar-refractivity contribution is 5.82. The monoisotopic (exact) mass is 413 g/mol. The van der Waals surface area contributed by atoms with Crippen LogP contribution in [-0.2, 0) is 9.53 Å². The first kappa shape index (κ1) is 19.4. The number of nitrogens with zero attached hydrogens (tertiary/aromatic N) is 1. The number of amides is 1. The first-order valence-electron chi connectivity index (χ1n) is 10.5. The Morgan fingerprint density at radius 3 is 2.06 bits per heavy atom. The number of likely N-dealkylation sites (tertiary alicyclic amines) is 1. The SMILES string of the molecule is O=C(O)[C@H]1C[C@H](c2ccccc2)CN1C(=O)OCC1c2ccccc2-c2ccccc21. The molecule has 3 aromatic carbocycles. The van der Waals surface area contributed by atoms with Gasteiger partial charge in [0.05, 0.1) is 0 Å². The van der Waals surface area contributed by atoms with Crippen molar-refractivity contribution < 1.29 is 19.4 Å². The molecule has 2 aliphatic rings. The highest BCUT2D eigenvalue weighted by Crippen LogP contribution is 2.44. The third kappa shape index (κ3) is 3.46. The highest BCUT2D eigenvalue weighted by atomic mass is 16.6. The van der Waals surface area contributed by atoms with Gasteiger partial charge in [-0.05, 0) is 34.2 Å². The summed E-state index contributed by atoms with van der Waals surface area (Å²) < 4.78 is 5.71. The smallest absolute Gasteiger partial charge is 0.410 e. The summed E-state index contributed by atoms with van der Waals surface area (Å²) in [7, 11) is 0. The van der Waals surface area contributed by atoms with Crippen molar-refractivity contribution in [3.63, 3.8) is 0 Å². The van der Waals surface area contributed by atoms with E-state index < -0.39 is 18.1 Å². The molecule has 1 saturated heterocycles. The van der Waals surface area contributed by atoms with Crippen molar-refractivity contribution in [2.24, 2.45) is 0 Å². The molecule has 0 aromatic heterocycles. The van der Waals surface area contributed by atoms with Crippen LogP contribution in [0.3, 0.4) is 0 Å². The number of benzene rings is 3. The van der Waals surface area contributed by atoms with Crippen LogP contribution in [0.15, 0.2) is 78.9 Å². The number of fused-ring (bicyclic) bond motifs is 3. The zero-order valence-electron chi connectivity index (χ0n) is 17.0. The summed E-state index contributed by atoms with van der Waals surface area (Å²) in [5.74, 6) is -1.05. The molecule has 5 nitrogen and oxygen atoms in total. The molecule has 0 unspecified atom stereocenters. The van der Waals surface area contributed by atoms with E-state index in [1.807, 2.05) is 54.6 Å². The number of carboxylic acid groups (broad SMARTS) is 1. The van der Waals surface area contributed by atoms with Gasteiger partial charge in [0.25, 0.3) is 0 Å². The second-order valence-electron chi connectivity index (χ2n) is 8.15. The van der Waals surface area contributed by atoms with Crippen LogP contribution in [0.25, 0.3) is 11.1 Å². The van der Waals surface area contributed by atoms with Gasteiger partial charge < -0.3 is 9.84 Å². The number of carbonyl (C=O) groups excluding carboxylic acids is 1. The first-order valence-corrected chi connectivity index (χ1v) is 10.5. The molecule has 3 aromatic rings. The van der Waals surface area contributed by atoms with Crippen molar-refractivity contribution >= 4 is 12.1 Å². The van der Waals surface area contributed by atoms with Gasteiger partial charge in [0.1, 0.15) is 12.6 Å². The molecule has 1 N–H and O–H groups in total. The number of aliphatic carboxylic acids is 1. The molecule has 31 heavy (non-hydrogen) atoms. The van der Waals surface area contributed by atoms with E-state index in [-0.39, 0.29) is 18.4 Å². The Labute approximate surface area is 180 Å². The molecular formula is C26H23NO4. The van der Waals surface area contributed by atoms with Crippen LogP contribution in [0.2, 0.25) is 0 Å². The van der Waals surface area contributed by atoms with Crippen LogP contribution < -0.4 is 0 Å². The maximum atomic E-state index is 13.0. The predicted octanol–water partition coefficient (Wildman–Crippen LogP) is 4.88. The van der Waals surface area contributed by atoms with E-state index in [1.54, 1.807) is 0 Å². The van der Waals surface area contributed by atoms with Gasteiger partial charge in [-0.15, -0.1) is 0 Å². The van der Waals surface area contributed by atoms with Crippen LogP contribution in [0.5, 0.6) is 0 Å². The van der Waals surface area contributed by atoms with Crippen LogP contribution in [-0.4, -0.2) is 41.3 Å². The van der Waals surface area contributed by atoms with E-state index >= 15 is 0 Å². The third-order valence-electron chi connectivity index (χ3n) is 6.43. The lowest BCUT2D eigenvalue weighted by atomic mass is 9.96. The van der Waals surface area contributed by atoms with E-state index in [4.69, 9.17) is 4.74 Å². The fraction of sp³-hybridized carbons (Fsp3) is 0.231. The fourth-order valence-electron chi connectivity index (χ4n) is 4.92. The van der Waals surface area contributed by atoms with Crippen LogP contribution in [0.4, 0.5) is 4.79 Å². The zero-order chi connectivity index (χ0) is 21.4. The second-order valence-corrected chi connectivity index (χ2v) is 8.15. The highest BCUT2D eigenvalue weighted by Gasteiger charge is 2.41. The minimum atomic E-state index is -0.994. The Hall–Kier alpha value is -3.60. The average Bonchev–Trinajstić information content (AvgIpc) is 3.39. The Kier molecular flexibility index (Phi) is 4.94. The topological polar surface area (TPSA) is 66.8 Å². The van der Waals surface area contributed by atoms with Gasteiger partial charge >= 0.3 is 12.1 Å². The summed E-state index contributed by atoms with van der Waals surface area (Å²) in [6.45, 7) is 0.531. The standard InChI is InChI=1S/C26H23NO4/c28-25(29)24-14-18(17-8-2-1-3-9-17)15-27(24)26(30)31-16-23-21-12-6-4-10-19(21)20-11-5-7-13-22(20)23/h1-13,18,23-24H,14-16H2,(H,28,29)/t18-,24+/m0/s1. The minimum Gasteiger partial charge on any atom is -0.480 e. The summed E-state index contributed by atoms with van der Waals surface area (Å²) in [5, 5.41) is 9.69. The molecule has 1 fully saturated rings. The maximum Gasteiger partial charge on any atom is 0.410 e. The molecule has 1 heterocycles. The first-order chi connectivity index (χ1) is 15.1. The van der Waals surface area contributed by atoms with Crippen LogP contribution >= 0.6 is 0 Å². The van der Waals surface area contributed by atoms with Gasteiger partial charge in [-0.2, -0.15) is 0 Å². The summed E-state index contributed by atoms with van der Waals surface area (Å²) in [6, 6.07) is 25.2. The average molecular weight is 413 g/mol. The number of rotatable bonds is 4. The van der Waals surface area contributed by atoms with Crippen molar-refractivity contribution in [2.75, 3.05) is 13.2 Å². The Balaban J connectivity index is 1.34. The summed E-state index contributed by atoms with van der Waals surface area (Å²) in [6.07, 6.45) is -0.170. The molecule has 2 atom stereocenters. The maximum absolute atomic E-state index is 13.0. The molecule has 5 heteroatoms. The molecule has 1 aliphatic carbocycles. The number of ether oxygens (including phenoxy) is 1. The normalized spacial score (nSPS) is 19.7. The van der Waals surface area contributed by atoms with Crippen molar-refractivity contribution in [3.05, 3.63) is 95.6 Å². The molecule has 1 amide bonds. The fourth-order valence-corrected chi connectivity index (χ4v) is 4.92. The molecule has 0 bridgehead atoms. The quantitative estimate of drug-likeness (QED) is 0.662. The number of carbonyl (C=O) groups is 2. The molecule has 1 aliphatic heterocycles. The lowest BCUT2D eigenvalue weighted by molar-refractivity contribution is -0.141. The lowest BCUT2D eigenvalue weighted by Crippen LogP contribution is -2.41. The number of hydrogen-bond acceptors (Lipinski definition) is 3. The van der Waals surface area contributed by atoms with Crippen molar-refractivity contribution in [1.29, 1.82) is 0 Å². The lowest BCUT2D eigenvalue weighted by Gasteiger charge is -2.22. The molecule has 0 spiro atoms. The molecular weight excluding hydrogens is 390 g/mol. The predicted molar refractivity (Wildman–Crippen MR) is 117 cm³/mol. The summed E-state index contributed by atoms with van der Waals surface area (Å²) >= 11 is 0. The van der Waals surface area contributed by atoms with Gasteiger partial charge in [-0.1, -0.05) is 78.9 Å². The summed E-state index contributed by atoms with van der Waals surface area (Å²) in [4.78, 5) is 26.2. The van der Waals surface area contributed by atoms with Crippen LogP contribution in [0, 0.1) is 0 Å². The Morgan fingerprint density at radius 1 is 0.871 bits per heavy atom. The van der Waals surface area contributed by atoms with E-state index in [0.29, 0.717) is 13.0 Å². The summed E-state index contributed by atoms with van der Waals surface area (Å²) in [5.41, 5.74) is 5.63. The van der Waals surface area contributed by atoms with Crippen molar-refractivity contribution in [1.82, 2.24) is 4.90 Å². The molecule has 0 radical (unpaired) electrons. The van der Waals surface area contributed by atoms with Gasteiger partial charge in [-0.25, -0.2) is 9.59 Å². The second kappa shape index (κ2) is 7.91. The third-order valence-corrected chi connectivity index (χ3v) is 6.43. The number of carboxylic acids is 1. The van der Waals surface area contributed by atoms with Gasteiger partial charge in [0.2, 0.25) is 0 Å². The Morgan fingerprint density at radius 2 is 1.45 bits per heavy atom. The van der Waals surface area contributed by atoms with Crippen molar-refractivity contribution in [2.45, 2.75) is 24.3 Å². The van der Waals surface area contributed by atoms with E-state index in [0.717, 1.165) is 27.8 Å². The van der Waals surface area contributed by atoms with Gasteiger partial charge in [-0.3, -0.25) is 4.90 Å². The molecule has 156 valence electrons. The number of hydrogen-bond donors (Lipinski definition) is 1. The zero-order valence-corrected chi connectivity index (χ0v) is 17.0. The minimum absolute atomic E-state index is 0.0113. The van der Waals surface area contributed by atoms with E-state index in [9.17, 15) is 14.7 Å². The molecule has 5 rings (SSSR count). The van der Waals surface area contributed by atoms with E-state index in [2.05, 4.69) is 24.3 Å². The Bertz CT molecular complexity index is 1080. The van der Waals surface area contributed by atoms with Crippen LogP contribution in [0.1, 0.15) is 34.9 Å².